The molecule has 4 rings (SSSR count). The van der Waals surface area contributed by atoms with Gasteiger partial charge >= 0.3 is 0 Å². The van der Waals surface area contributed by atoms with Gasteiger partial charge < -0.3 is 14.6 Å². The number of hydrogen-bond acceptors (Lipinski definition) is 3. The average Bonchev–Trinajstić information content (AvgIpc) is 3.08. The van der Waals surface area contributed by atoms with E-state index in [0.29, 0.717) is 24.8 Å². The first kappa shape index (κ1) is 22.6. The Bertz CT molecular complexity index is 981. The van der Waals surface area contributed by atoms with Crippen molar-refractivity contribution in [3.63, 3.8) is 0 Å². The van der Waals surface area contributed by atoms with Crippen molar-refractivity contribution in [3.05, 3.63) is 41.7 Å². The fraction of sp³-hybridized carbons (Fsp3) is 0.556. The quantitative estimate of drug-likeness (QED) is 0.601. The largest absolute Gasteiger partial charge is 0.461 e. The molecule has 5 nitrogen and oxygen atoms in total. The summed E-state index contributed by atoms with van der Waals surface area (Å²) in [5.74, 6) is 2.68. The van der Waals surface area contributed by atoms with Crippen LogP contribution >= 0.6 is 0 Å². The van der Waals surface area contributed by atoms with Crippen molar-refractivity contribution in [2.75, 3.05) is 11.9 Å². The summed E-state index contributed by atoms with van der Waals surface area (Å²) >= 11 is 0. The third kappa shape index (κ3) is 5.43. The Morgan fingerprint density at radius 3 is 2.69 bits per heavy atom. The van der Waals surface area contributed by atoms with Gasteiger partial charge in [-0.3, -0.25) is 9.59 Å². The molecule has 1 fully saturated rings. The molecule has 2 heterocycles. The van der Waals surface area contributed by atoms with E-state index in [0.717, 1.165) is 60.6 Å². The highest BCUT2D eigenvalue weighted by molar-refractivity contribution is 5.91. The maximum atomic E-state index is 12.6. The third-order valence-corrected chi connectivity index (χ3v) is 6.56. The van der Waals surface area contributed by atoms with Crippen molar-refractivity contribution < 1.29 is 14.0 Å². The first-order valence-corrected chi connectivity index (χ1v) is 12.0. The Balaban J connectivity index is 1.40. The number of carbonyl (C=O) groups is 2. The molecule has 172 valence electrons. The molecule has 1 aromatic heterocycles. The van der Waals surface area contributed by atoms with Crippen LogP contribution in [0.4, 0.5) is 5.69 Å². The molecule has 0 saturated heterocycles. The van der Waals surface area contributed by atoms with E-state index in [4.69, 9.17) is 4.42 Å². The van der Waals surface area contributed by atoms with Crippen LogP contribution < -0.4 is 5.32 Å². The van der Waals surface area contributed by atoms with E-state index >= 15 is 0 Å². The van der Waals surface area contributed by atoms with Crippen molar-refractivity contribution in [3.8, 4) is 11.3 Å². The summed E-state index contributed by atoms with van der Waals surface area (Å²) in [5, 5.41) is 3.04. The van der Waals surface area contributed by atoms with Crippen LogP contribution in [-0.2, 0) is 22.6 Å². The van der Waals surface area contributed by atoms with E-state index in [1.165, 1.54) is 6.42 Å². The Labute approximate surface area is 191 Å². The lowest BCUT2D eigenvalue weighted by atomic mass is 9.84. The maximum Gasteiger partial charge on any atom is 0.225 e. The smallest absolute Gasteiger partial charge is 0.225 e. The van der Waals surface area contributed by atoms with Gasteiger partial charge in [-0.1, -0.05) is 46.2 Å². The fourth-order valence-electron chi connectivity index (χ4n) is 4.97. The SMILES string of the molecule is CC(CC(=O)Nc1cccc(-c2cc3c(o2)CCN(C(=O)C2CCC2)C3)c1)CC(C)(C)C. The summed E-state index contributed by atoms with van der Waals surface area (Å²) in [7, 11) is 0. The molecule has 1 N–H and O–H groups in total. The lowest BCUT2D eigenvalue weighted by Crippen LogP contribution is -2.41. The van der Waals surface area contributed by atoms with Gasteiger partial charge in [0.15, 0.2) is 0 Å². The van der Waals surface area contributed by atoms with Crippen molar-refractivity contribution in [1.82, 2.24) is 4.90 Å². The van der Waals surface area contributed by atoms with Crippen LogP contribution in [0.3, 0.4) is 0 Å². The van der Waals surface area contributed by atoms with Gasteiger partial charge in [0, 0.05) is 48.7 Å². The second-order valence-electron chi connectivity index (χ2n) is 10.9. The van der Waals surface area contributed by atoms with Crippen LogP contribution in [0.1, 0.15) is 71.1 Å². The molecule has 2 amide bonds. The van der Waals surface area contributed by atoms with Crippen LogP contribution in [0, 0.1) is 17.3 Å². The van der Waals surface area contributed by atoms with E-state index in [2.05, 4.69) is 39.1 Å². The zero-order chi connectivity index (χ0) is 22.9. The van der Waals surface area contributed by atoms with Gasteiger partial charge in [-0.05, 0) is 48.8 Å². The van der Waals surface area contributed by atoms with E-state index in [1.54, 1.807) is 0 Å². The zero-order valence-electron chi connectivity index (χ0n) is 19.9. The van der Waals surface area contributed by atoms with Crippen molar-refractivity contribution in [1.29, 1.82) is 0 Å². The van der Waals surface area contributed by atoms with Crippen LogP contribution in [0.5, 0.6) is 0 Å². The predicted octanol–water partition coefficient (Wildman–Crippen LogP) is 6.03. The average molecular weight is 437 g/mol. The lowest BCUT2D eigenvalue weighted by Gasteiger charge is -2.33. The van der Waals surface area contributed by atoms with Gasteiger partial charge in [0.25, 0.3) is 0 Å². The number of carbonyl (C=O) groups excluding carboxylic acids is 2. The molecular weight excluding hydrogens is 400 g/mol. The van der Waals surface area contributed by atoms with E-state index in [9.17, 15) is 9.59 Å². The normalized spacial score (nSPS) is 17.4. The maximum absolute atomic E-state index is 12.6. The first-order valence-electron chi connectivity index (χ1n) is 12.0. The molecule has 0 spiro atoms. The zero-order valence-corrected chi connectivity index (χ0v) is 19.9. The molecule has 1 aromatic carbocycles. The van der Waals surface area contributed by atoms with Gasteiger partial charge in [-0.15, -0.1) is 0 Å². The second-order valence-corrected chi connectivity index (χ2v) is 10.9. The molecule has 1 unspecified atom stereocenters. The minimum absolute atomic E-state index is 0.0442. The highest BCUT2D eigenvalue weighted by Gasteiger charge is 2.32. The highest BCUT2D eigenvalue weighted by atomic mass is 16.3. The van der Waals surface area contributed by atoms with Gasteiger partial charge in [0.1, 0.15) is 11.5 Å². The Hall–Kier alpha value is -2.56. The van der Waals surface area contributed by atoms with E-state index in [1.807, 2.05) is 29.2 Å². The summed E-state index contributed by atoms with van der Waals surface area (Å²) in [4.78, 5) is 27.1. The van der Waals surface area contributed by atoms with Gasteiger partial charge in [-0.25, -0.2) is 0 Å². The molecule has 1 atom stereocenters. The Morgan fingerprint density at radius 1 is 1.22 bits per heavy atom. The highest BCUT2D eigenvalue weighted by Crippen LogP contribution is 2.34. The summed E-state index contributed by atoms with van der Waals surface area (Å²) in [6.07, 6.45) is 5.53. The molecular formula is C27H36N2O3. The number of hydrogen-bond donors (Lipinski definition) is 1. The van der Waals surface area contributed by atoms with Crippen LogP contribution in [0.15, 0.2) is 34.7 Å². The fourth-order valence-corrected chi connectivity index (χ4v) is 4.97. The van der Waals surface area contributed by atoms with Gasteiger partial charge in [0.2, 0.25) is 11.8 Å². The molecule has 0 radical (unpaired) electrons. The number of amides is 2. The van der Waals surface area contributed by atoms with Gasteiger partial charge in [0.05, 0.1) is 0 Å². The molecule has 0 bridgehead atoms. The lowest BCUT2D eigenvalue weighted by molar-refractivity contribution is -0.139. The molecule has 2 aliphatic rings. The number of furan rings is 1. The van der Waals surface area contributed by atoms with Crippen molar-refractivity contribution >= 4 is 17.5 Å². The topological polar surface area (TPSA) is 62.6 Å². The number of nitrogens with zero attached hydrogens (tertiary/aromatic N) is 1. The minimum atomic E-state index is 0.0442. The summed E-state index contributed by atoms with van der Waals surface area (Å²) in [6.45, 7) is 10.1. The van der Waals surface area contributed by atoms with Crippen LogP contribution in [0.25, 0.3) is 11.3 Å². The second kappa shape index (κ2) is 9.13. The van der Waals surface area contributed by atoms with Crippen molar-refractivity contribution in [2.45, 2.75) is 72.8 Å². The minimum Gasteiger partial charge on any atom is -0.461 e. The first-order chi connectivity index (χ1) is 15.2. The molecule has 1 aliphatic heterocycles. The predicted molar refractivity (Wildman–Crippen MR) is 127 cm³/mol. The standard InChI is InChI=1S/C27H36N2O3/c1-18(16-27(2,3)4)13-25(30)28-22-10-6-9-20(14-22)24-15-21-17-29(12-11-23(21)32-24)26(31)19-7-5-8-19/h6,9-10,14-15,18-19H,5,7-8,11-13,16-17H2,1-4H3,(H,28,30). The summed E-state index contributed by atoms with van der Waals surface area (Å²) < 4.78 is 6.15. The van der Waals surface area contributed by atoms with Gasteiger partial charge in [-0.2, -0.15) is 0 Å². The number of fused-ring (bicyclic) bond motifs is 1. The Morgan fingerprint density at radius 2 is 2.00 bits per heavy atom. The van der Waals surface area contributed by atoms with Crippen molar-refractivity contribution in [2.24, 2.45) is 17.3 Å². The van der Waals surface area contributed by atoms with Crippen LogP contribution in [-0.4, -0.2) is 23.3 Å². The van der Waals surface area contributed by atoms with E-state index in [-0.39, 0.29) is 17.2 Å². The molecule has 1 aliphatic carbocycles. The summed E-state index contributed by atoms with van der Waals surface area (Å²) in [6, 6.07) is 9.88. The molecule has 5 heteroatoms. The summed E-state index contributed by atoms with van der Waals surface area (Å²) in [5.41, 5.74) is 3.04. The number of benzene rings is 1. The van der Waals surface area contributed by atoms with Crippen LogP contribution in [0.2, 0.25) is 0 Å². The molecule has 32 heavy (non-hydrogen) atoms. The number of anilines is 1. The Kier molecular flexibility index (Phi) is 6.45. The van der Waals surface area contributed by atoms with E-state index < -0.39 is 0 Å². The number of rotatable bonds is 6. The third-order valence-electron chi connectivity index (χ3n) is 6.56. The molecule has 2 aromatic rings. The monoisotopic (exact) mass is 436 g/mol. The molecule has 1 saturated carbocycles. The number of nitrogens with one attached hydrogen (secondary N) is 1.